The average Bonchev–Trinajstić information content (AvgIpc) is 2.83. The van der Waals surface area contributed by atoms with E-state index < -0.39 is 5.91 Å². The molecule has 4 nitrogen and oxygen atoms in total. The molecule has 4 aromatic rings. The molecular formula is C27H18ClIN2O2. The summed E-state index contributed by atoms with van der Waals surface area (Å²) in [5.41, 5.74) is 2.42. The third kappa shape index (κ3) is 5.72. The molecular weight excluding hydrogens is 547 g/mol. The van der Waals surface area contributed by atoms with E-state index in [0.717, 1.165) is 20.4 Å². The Bertz CT molecular complexity index is 1390. The average molecular weight is 565 g/mol. The van der Waals surface area contributed by atoms with E-state index in [1.165, 1.54) is 10.8 Å². The summed E-state index contributed by atoms with van der Waals surface area (Å²) >= 11 is 8.06. The number of anilines is 1. The van der Waals surface area contributed by atoms with E-state index in [2.05, 4.69) is 52.2 Å². The molecule has 0 unspecified atom stereocenters. The normalized spacial score (nSPS) is 11.1. The second kappa shape index (κ2) is 10.5. The lowest BCUT2D eigenvalue weighted by molar-refractivity contribution is -0.112. The van der Waals surface area contributed by atoms with Gasteiger partial charge < -0.3 is 10.1 Å². The number of nitrogens with one attached hydrogen (secondary N) is 1. The maximum Gasteiger partial charge on any atom is 0.266 e. The van der Waals surface area contributed by atoms with Crippen LogP contribution in [-0.4, -0.2) is 5.91 Å². The molecule has 162 valence electrons. The number of rotatable bonds is 6. The highest BCUT2D eigenvalue weighted by molar-refractivity contribution is 14.1. The van der Waals surface area contributed by atoms with Crippen LogP contribution >= 0.6 is 34.2 Å². The fourth-order valence-electron chi connectivity index (χ4n) is 3.34. The SMILES string of the molecule is N#C/C(=C/c1ccc(OCc2cccc3ccccc23)c(I)c1)C(=O)Nc1ccc(Cl)cc1. The van der Waals surface area contributed by atoms with Crippen molar-refractivity contribution in [1.29, 1.82) is 5.26 Å². The number of fused-ring (bicyclic) bond motifs is 1. The van der Waals surface area contributed by atoms with Crippen LogP contribution in [0.2, 0.25) is 5.02 Å². The van der Waals surface area contributed by atoms with Gasteiger partial charge in [-0.05, 0) is 87.0 Å². The molecule has 6 heteroatoms. The molecule has 0 aromatic heterocycles. The van der Waals surface area contributed by atoms with Crippen molar-refractivity contribution in [2.75, 3.05) is 5.32 Å². The first-order valence-corrected chi connectivity index (χ1v) is 11.6. The van der Waals surface area contributed by atoms with Crippen LogP contribution in [0.25, 0.3) is 16.8 Å². The number of ether oxygens (including phenoxy) is 1. The Kier molecular flexibility index (Phi) is 7.28. The zero-order valence-electron chi connectivity index (χ0n) is 17.4. The topological polar surface area (TPSA) is 62.1 Å². The molecule has 0 atom stereocenters. The van der Waals surface area contributed by atoms with Crippen LogP contribution in [0, 0.1) is 14.9 Å². The molecule has 0 aliphatic rings. The second-order valence-electron chi connectivity index (χ2n) is 7.25. The van der Waals surface area contributed by atoms with Crippen molar-refractivity contribution in [3.63, 3.8) is 0 Å². The molecule has 1 N–H and O–H groups in total. The molecule has 0 radical (unpaired) electrons. The highest BCUT2D eigenvalue weighted by atomic mass is 127. The molecule has 0 spiro atoms. The number of amides is 1. The summed E-state index contributed by atoms with van der Waals surface area (Å²) in [6.07, 6.45) is 1.56. The predicted molar refractivity (Wildman–Crippen MR) is 141 cm³/mol. The number of benzene rings is 4. The summed E-state index contributed by atoms with van der Waals surface area (Å²) in [6, 6.07) is 28.6. The lowest BCUT2D eigenvalue weighted by atomic mass is 10.1. The first-order valence-electron chi connectivity index (χ1n) is 10.1. The largest absolute Gasteiger partial charge is 0.488 e. The summed E-state index contributed by atoms with van der Waals surface area (Å²) in [4.78, 5) is 12.5. The maximum atomic E-state index is 12.5. The minimum absolute atomic E-state index is 0.00479. The highest BCUT2D eigenvalue weighted by Gasteiger charge is 2.11. The van der Waals surface area contributed by atoms with Gasteiger partial charge in [0.05, 0.1) is 3.57 Å². The summed E-state index contributed by atoms with van der Waals surface area (Å²) in [5, 5.41) is 15.1. The van der Waals surface area contributed by atoms with Crippen molar-refractivity contribution in [3.8, 4) is 11.8 Å². The molecule has 4 aromatic carbocycles. The molecule has 33 heavy (non-hydrogen) atoms. The molecule has 0 fully saturated rings. The quantitative estimate of drug-likeness (QED) is 0.153. The number of hydrogen-bond acceptors (Lipinski definition) is 3. The van der Waals surface area contributed by atoms with Crippen LogP contribution in [0.5, 0.6) is 5.75 Å². The Labute approximate surface area is 210 Å². The summed E-state index contributed by atoms with van der Waals surface area (Å²) < 4.78 is 6.96. The second-order valence-corrected chi connectivity index (χ2v) is 8.85. The van der Waals surface area contributed by atoms with Crippen molar-refractivity contribution in [3.05, 3.63) is 110 Å². The zero-order chi connectivity index (χ0) is 23.2. The Balaban J connectivity index is 1.48. The van der Waals surface area contributed by atoms with E-state index in [1.807, 2.05) is 42.5 Å². The van der Waals surface area contributed by atoms with Crippen LogP contribution in [0.4, 0.5) is 5.69 Å². The van der Waals surface area contributed by atoms with Gasteiger partial charge in [0, 0.05) is 10.7 Å². The molecule has 0 bridgehead atoms. The van der Waals surface area contributed by atoms with Gasteiger partial charge in [-0.15, -0.1) is 0 Å². The van der Waals surface area contributed by atoms with E-state index in [-0.39, 0.29) is 5.57 Å². The minimum atomic E-state index is -0.480. The van der Waals surface area contributed by atoms with Gasteiger partial charge in [-0.2, -0.15) is 5.26 Å². The fourth-order valence-corrected chi connectivity index (χ4v) is 4.17. The van der Waals surface area contributed by atoms with Gasteiger partial charge in [-0.25, -0.2) is 0 Å². The predicted octanol–water partition coefficient (Wildman–Crippen LogP) is 7.22. The molecule has 4 rings (SSSR count). The number of halogens is 2. The Hall–Kier alpha value is -3.34. The molecule has 0 saturated heterocycles. The third-order valence-corrected chi connectivity index (χ3v) is 6.09. The molecule has 0 aliphatic carbocycles. The van der Waals surface area contributed by atoms with Crippen LogP contribution < -0.4 is 10.1 Å². The van der Waals surface area contributed by atoms with Gasteiger partial charge in [0.15, 0.2) is 0 Å². The summed E-state index contributed by atoms with van der Waals surface area (Å²) in [5.74, 6) is 0.260. The zero-order valence-corrected chi connectivity index (χ0v) is 20.3. The van der Waals surface area contributed by atoms with Crippen LogP contribution in [-0.2, 0) is 11.4 Å². The van der Waals surface area contributed by atoms with Crippen LogP contribution in [0.1, 0.15) is 11.1 Å². The molecule has 0 saturated carbocycles. The highest BCUT2D eigenvalue weighted by Crippen LogP contribution is 2.26. The lowest BCUT2D eigenvalue weighted by Gasteiger charge is -2.11. The van der Waals surface area contributed by atoms with E-state index in [1.54, 1.807) is 30.3 Å². The number of nitriles is 1. The van der Waals surface area contributed by atoms with Crippen LogP contribution in [0.15, 0.2) is 90.5 Å². The maximum absolute atomic E-state index is 12.5. The summed E-state index contributed by atoms with van der Waals surface area (Å²) in [6.45, 7) is 0.444. The van der Waals surface area contributed by atoms with E-state index in [9.17, 15) is 10.1 Å². The number of carbonyl (C=O) groups excluding carboxylic acids is 1. The molecule has 0 heterocycles. The van der Waals surface area contributed by atoms with Crippen LogP contribution in [0.3, 0.4) is 0 Å². The number of hydrogen-bond donors (Lipinski definition) is 1. The minimum Gasteiger partial charge on any atom is -0.488 e. The van der Waals surface area contributed by atoms with Gasteiger partial charge in [0.25, 0.3) is 5.91 Å². The smallest absolute Gasteiger partial charge is 0.266 e. The van der Waals surface area contributed by atoms with Crippen molar-refractivity contribution >= 4 is 62.6 Å². The summed E-state index contributed by atoms with van der Waals surface area (Å²) in [7, 11) is 0. The number of nitrogens with zero attached hydrogens (tertiary/aromatic N) is 1. The monoisotopic (exact) mass is 564 g/mol. The van der Waals surface area contributed by atoms with Gasteiger partial charge in [-0.1, -0.05) is 60.1 Å². The molecule has 0 aliphatic heterocycles. The standard InChI is InChI=1S/C27H18ClIN2O2/c28-22-9-11-23(12-10-22)31-27(32)21(16-30)14-18-8-13-26(25(29)15-18)33-17-20-6-3-5-19-4-1-2-7-24(19)20/h1-15H,17H2,(H,31,32)/b21-14-. The Morgan fingerprint density at radius 3 is 2.55 bits per heavy atom. The first-order chi connectivity index (χ1) is 16.0. The van der Waals surface area contributed by atoms with Crippen molar-refractivity contribution in [2.45, 2.75) is 6.61 Å². The van der Waals surface area contributed by atoms with Gasteiger partial charge in [0.2, 0.25) is 0 Å². The van der Waals surface area contributed by atoms with Crippen molar-refractivity contribution in [1.82, 2.24) is 0 Å². The number of carbonyl (C=O) groups is 1. The van der Waals surface area contributed by atoms with E-state index >= 15 is 0 Å². The Morgan fingerprint density at radius 2 is 1.79 bits per heavy atom. The fraction of sp³-hybridized carbons (Fsp3) is 0.0370. The van der Waals surface area contributed by atoms with E-state index in [4.69, 9.17) is 16.3 Å². The van der Waals surface area contributed by atoms with Crippen molar-refractivity contribution < 1.29 is 9.53 Å². The first kappa shape index (κ1) is 22.8. The van der Waals surface area contributed by atoms with Gasteiger partial charge in [-0.3, -0.25) is 4.79 Å². The third-order valence-electron chi connectivity index (χ3n) is 5.00. The lowest BCUT2D eigenvalue weighted by Crippen LogP contribution is -2.13. The van der Waals surface area contributed by atoms with Crippen molar-refractivity contribution in [2.24, 2.45) is 0 Å². The van der Waals surface area contributed by atoms with Gasteiger partial charge >= 0.3 is 0 Å². The molecule has 1 amide bonds. The van der Waals surface area contributed by atoms with E-state index in [0.29, 0.717) is 17.3 Å². The Morgan fingerprint density at radius 1 is 1.03 bits per heavy atom. The van der Waals surface area contributed by atoms with Gasteiger partial charge in [0.1, 0.15) is 24.0 Å².